The average molecular weight is 334 g/mol. The molecule has 2 aliphatic rings. The van der Waals surface area contributed by atoms with Crippen LogP contribution in [-0.2, 0) is 11.2 Å². The lowest BCUT2D eigenvalue weighted by Gasteiger charge is -2.36. The largest absolute Gasteiger partial charge is 0.376 e. The van der Waals surface area contributed by atoms with Crippen molar-refractivity contribution >= 4 is 17.3 Å². The number of hydrogen-bond acceptors (Lipinski definition) is 3. The molecule has 0 amide bonds. The van der Waals surface area contributed by atoms with E-state index in [1.54, 1.807) is 0 Å². The summed E-state index contributed by atoms with van der Waals surface area (Å²) in [6, 6.07) is 10.7. The van der Waals surface area contributed by atoms with E-state index in [-0.39, 0.29) is 0 Å². The normalized spacial score (nSPS) is 22.3. The first-order valence-corrected chi connectivity index (χ1v) is 9.13. The van der Waals surface area contributed by atoms with E-state index in [1.807, 2.05) is 0 Å². The van der Waals surface area contributed by atoms with Crippen LogP contribution in [0.25, 0.3) is 0 Å². The standard InChI is InChI=1S/C18H27N3OS/c23-18(19-15-17-7-4-14-22-17)21-12-10-20(11-13-21)9-8-16-5-2-1-3-6-16/h1-3,5-6,17H,4,7-15H2,(H,19,23)/t17-/m1/s1. The minimum absolute atomic E-state index is 0.347. The molecule has 2 saturated heterocycles. The van der Waals surface area contributed by atoms with E-state index in [0.717, 1.165) is 63.8 Å². The summed E-state index contributed by atoms with van der Waals surface area (Å²) in [4.78, 5) is 4.83. The topological polar surface area (TPSA) is 27.7 Å². The molecule has 1 aromatic carbocycles. The van der Waals surface area contributed by atoms with Gasteiger partial charge in [-0.2, -0.15) is 0 Å². The van der Waals surface area contributed by atoms with Crippen molar-refractivity contribution in [1.29, 1.82) is 0 Å². The van der Waals surface area contributed by atoms with E-state index in [4.69, 9.17) is 17.0 Å². The molecule has 2 heterocycles. The zero-order valence-corrected chi connectivity index (χ0v) is 14.6. The van der Waals surface area contributed by atoms with Crippen LogP contribution >= 0.6 is 12.2 Å². The smallest absolute Gasteiger partial charge is 0.169 e. The van der Waals surface area contributed by atoms with Gasteiger partial charge < -0.3 is 15.0 Å². The van der Waals surface area contributed by atoms with Gasteiger partial charge in [-0.15, -0.1) is 0 Å². The van der Waals surface area contributed by atoms with E-state index >= 15 is 0 Å². The minimum Gasteiger partial charge on any atom is -0.376 e. The zero-order valence-electron chi connectivity index (χ0n) is 13.7. The summed E-state index contributed by atoms with van der Waals surface area (Å²) in [7, 11) is 0. The summed E-state index contributed by atoms with van der Waals surface area (Å²) in [6.45, 7) is 7.11. The molecule has 23 heavy (non-hydrogen) atoms. The van der Waals surface area contributed by atoms with E-state index in [0.29, 0.717) is 6.10 Å². The molecule has 0 aromatic heterocycles. The summed E-state index contributed by atoms with van der Waals surface area (Å²) < 4.78 is 5.63. The van der Waals surface area contributed by atoms with Crippen LogP contribution in [0.4, 0.5) is 0 Å². The van der Waals surface area contributed by atoms with E-state index < -0.39 is 0 Å². The van der Waals surface area contributed by atoms with Crippen LogP contribution in [0.5, 0.6) is 0 Å². The number of thiocarbonyl (C=S) groups is 1. The molecule has 5 heteroatoms. The van der Waals surface area contributed by atoms with Gasteiger partial charge in [0, 0.05) is 45.9 Å². The van der Waals surface area contributed by atoms with Gasteiger partial charge in [0.1, 0.15) is 0 Å². The van der Waals surface area contributed by atoms with Crippen LogP contribution in [-0.4, -0.2) is 66.9 Å². The van der Waals surface area contributed by atoms with Crippen LogP contribution < -0.4 is 5.32 Å². The van der Waals surface area contributed by atoms with Crippen molar-refractivity contribution in [3.63, 3.8) is 0 Å². The highest BCUT2D eigenvalue weighted by Gasteiger charge is 2.20. The number of ether oxygens (including phenoxy) is 1. The van der Waals surface area contributed by atoms with Crippen molar-refractivity contribution in [2.75, 3.05) is 45.9 Å². The van der Waals surface area contributed by atoms with Gasteiger partial charge >= 0.3 is 0 Å². The molecule has 126 valence electrons. The molecule has 0 aliphatic carbocycles. The first kappa shape index (κ1) is 16.7. The summed E-state index contributed by atoms with van der Waals surface area (Å²) in [5.41, 5.74) is 1.42. The molecule has 4 nitrogen and oxygen atoms in total. The molecule has 0 radical (unpaired) electrons. The van der Waals surface area contributed by atoms with Crippen molar-refractivity contribution in [2.24, 2.45) is 0 Å². The van der Waals surface area contributed by atoms with Crippen LogP contribution in [0.3, 0.4) is 0 Å². The number of benzene rings is 1. The lowest BCUT2D eigenvalue weighted by atomic mass is 10.1. The van der Waals surface area contributed by atoms with Gasteiger partial charge in [0.05, 0.1) is 6.10 Å². The first-order chi connectivity index (χ1) is 11.3. The molecule has 1 atom stereocenters. The van der Waals surface area contributed by atoms with Gasteiger partial charge in [0.15, 0.2) is 5.11 Å². The predicted octanol–water partition coefficient (Wildman–Crippen LogP) is 1.90. The number of nitrogens with zero attached hydrogens (tertiary/aromatic N) is 2. The van der Waals surface area contributed by atoms with Crippen LogP contribution in [0.15, 0.2) is 30.3 Å². The Bertz CT molecular complexity index is 482. The number of piperazine rings is 1. The average Bonchev–Trinajstić information content (AvgIpc) is 3.13. The number of nitrogens with one attached hydrogen (secondary N) is 1. The quantitative estimate of drug-likeness (QED) is 0.831. The van der Waals surface area contributed by atoms with Gasteiger partial charge in [-0.1, -0.05) is 30.3 Å². The minimum atomic E-state index is 0.347. The van der Waals surface area contributed by atoms with Crippen molar-refractivity contribution in [1.82, 2.24) is 15.1 Å². The fourth-order valence-electron chi connectivity index (χ4n) is 3.22. The third-order valence-corrected chi connectivity index (χ3v) is 5.13. The number of hydrogen-bond donors (Lipinski definition) is 1. The Morgan fingerprint density at radius 1 is 1.17 bits per heavy atom. The second-order valence-corrected chi connectivity index (χ2v) is 6.77. The van der Waals surface area contributed by atoms with Gasteiger partial charge in [-0.3, -0.25) is 4.90 Å². The molecule has 1 N–H and O–H groups in total. The number of rotatable bonds is 5. The molecule has 0 bridgehead atoms. The maximum atomic E-state index is 5.63. The van der Waals surface area contributed by atoms with Gasteiger partial charge in [0.25, 0.3) is 0 Å². The molecular formula is C18H27N3OS. The van der Waals surface area contributed by atoms with E-state index in [2.05, 4.69) is 45.4 Å². The summed E-state index contributed by atoms with van der Waals surface area (Å²) in [5, 5.41) is 4.27. The molecule has 0 saturated carbocycles. The van der Waals surface area contributed by atoms with Crippen molar-refractivity contribution in [3.05, 3.63) is 35.9 Å². The zero-order chi connectivity index (χ0) is 15.9. The van der Waals surface area contributed by atoms with Gasteiger partial charge in [-0.25, -0.2) is 0 Å². The lowest BCUT2D eigenvalue weighted by molar-refractivity contribution is 0.112. The Morgan fingerprint density at radius 2 is 1.96 bits per heavy atom. The molecule has 3 rings (SSSR count). The fraction of sp³-hybridized carbons (Fsp3) is 0.611. The molecule has 2 fully saturated rings. The van der Waals surface area contributed by atoms with Crippen LogP contribution in [0, 0.1) is 0 Å². The summed E-state index contributed by atoms with van der Waals surface area (Å²) >= 11 is 5.53. The van der Waals surface area contributed by atoms with Crippen LogP contribution in [0.1, 0.15) is 18.4 Å². The highest BCUT2D eigenvalue weighted by Crippen LogP contribution is 2.11. The molecular weight excluding hydrogens is 306 g/mol. The van der Waals surface area contributed by atoms with Crippen molar-refractivity contribution < 1.29 is 4.74 Å². The van der Waals surface area contributed by atoms with E-state index in [9.17, 15) is 0 Å². The van der Waals surface area contributed by atoms with E-state index in [1.165, 1.54) is 12.0 Å². The second kappa shape index (κ2) is 8.62. The maximum Gasteiger partial charge on any atom is 0.169 e. The highest BCUT2D eigenvalue weighted by molar-refractivity contribution is 7.80. The lowest BCUT2D eigenvalue weighted by Crippen LogP contribution is -2.52. The predicted molar refractivity (Wildman–Crippen MR) is 97.7 cm³/mol. The molecule has 0 spiro atoms. The van der Waals surface area contributed by atoms with Crippen LogP contribution in [0.2, 0.25) is 0 Å². The van der Waals surface area contributed by atoms with Crippen molar-refractivity contribution in [3.8, 4) is 0 Å². The summed E-state index contributed by atoms with van der Waals surface area (Å²) in [5.74, 6) is 0. The van der Waals surface area contributed by atoms with Crippen molar-refractivity contribution in [2.45, 2.75) is 25.4 Å². The summed E-state index contributed by atoms with van der Waals surface area (Å²) in [6.07, 6.45) is 3.81. The Balaban J connectivity index is 1.33. The third kappa shape index (κ3) is 5.16. The maximum absolute atomic E-state index is 5.63. The monoisotopic (exact) mass is 333 g/mol. The fourth-order valence-corrected chi connectivity index (χ4v) is 3.49. The van der Waals surface area contributed by atoms with Gasteiger partial charge in [0.2, 0.25) is 0 Å². The van der Waals surface area contributed by atoms with Gasteiger partial charge in [-0.05, 0) is 37.0 Å². The Kier molecular flexibility index (Phi) is 6.25. The molecule has 2 aliphatic heterocycles. The second-order valence-electron chi connectivity index (χ2n) is 6.39. The molecule has 1 aromatic rings. The third-order valence-electron chi connectivity index (χ3n) is 4.72. The Morgan fingerprint density at radius 3 is 2.65 bits per heavy atom. The Hall–Kier alpha value is -1.17. The SMILES string of the molecule is S=C(NC[C@H]1CCCO1)N1CCN(CCc2ccccc2)CC1. The molecule has 0 unspecified atom stereocenters. The highest BCUT2D eigenvalue weighted by atomic mass is 32.1. The first-order valence-electron chi connectivity index (χ1n) is 8.72. The Labute approximate surface area is 144 Å².